The molecule has 27 heavy (non-hydrogen) atoms. The van der Waals surface area contributed by atoms with Gasteiger partial charge in [0, 0.05) is 17.3 Å². The summed E-state index contributed by atoms with van der Waals surface area (Å²) in [5, 5.41) is 13.9. The molecule has 1 N–H and O–H groups in total. The predicted octanol–water partition coefficient (Wildman–Crippen LogP) is 2.89. The van der Waals surface area contributed by atoms with E-state index in [1.54, 1.807) is 10.7 Å². The fourth-order valence-electron chi connectivity index (χ4n) is 3.94. The van der Waals surface area contributed by atoms with Crippen molar-refractivity contribution in [1.82, 2.24) is 14.7 Å². The van der Waals surface area contributed by atoms with Gasteiger partial charge in [0.05, 0.1) is 0 Å². The van der Waals surface area contributed by atoms with E-state index in [0.29, 0.717) is 12.1 Å². The number of amides is 1. The van der Waals surface area contributed by atoms with Gasteiger partial charge in [0.2, 0.25) is 0 Å². The van der Waals surface area contributed by atoms with E-state index in [1.165, 1.54) is 17.9 Å². The summed E-state index contributed by atoms with van der Waals surface area (Å²) in [6, 6.07) is 3.87. The molecule has 1 atom stereocenters. The quantitative estimate of drug-likeness (QED) is 0.877. The molecule has 1 aromatic heterocycles. The van der Waals surface area contributed by atoms with Crippen molar-refractivity contribution < 1.29 is 19.1 Å². The summed E-state index contributed by atoms with van der Waals surface area (Å²) in [5.41, 5.74) is 3.05. The van der Waals surface area contributed by atoms with Gasteiger partial charge in [-0.3, -0.25) is 4.79 Å². The molecule has 1 heterocycles. The van der Waals surface area contributed by atoms with Crippen LogP contribution in [-0.4, -0.2) is 43.7 Å². The molecule has 1 saturated carbocycles. The Bertz CT molecular complexity index is 913. The third kappa shape index (κ3) is 2.91. The summed E-state index contributed by atoms with van der Waals surface area (Å²) in [6.07, 6.45) is 3.90. The van der Waals surface area contributed by atoms with Gasteiger partial charge in [0.1, 0.15) is 17.5 Å². The van der Waals surface area contributed by atoms with E-state index < -0.39 is 12.0 Å². The lowest BCUT2D eigenvalue weighted by atomic mass is 10.1. The number of fused-ring (bicyclic) bond motifs is 1. The standard InChI is InChI=1S/C20H22FN3O3/c1-11-5-3-7-15(21)18(11)24-16-8-4-6-14(16)17(22-24)19(25)23(13-9-10-13)12(2)20(26)27/h3,5,7,12-13H,4,6,8-10H2,1-2H3,(H,26,27). The third-order valence-corrected chi connectivity index (χ3v) is 5.48. The number of hydrogen-bond donors (Lipinski definition) is 1. The van der Waals surface area contributed by atoms with Crippen molar-refractivity contribution in [2.75, 3.05) is 0 Å². The number of aromatic nitrogens is 2. The second-order valence-electron chi connectivity index (χ2n) is 7.40. The molecule has 0 spiro atoms. The van der Waals surface area contributed by atoms with Gasteiger partial charge in [-0.05, 0) is 57.6 Å². The fraction of sp³-hybridized carbons (Fsp3) is 0.450. The van der Waals surface area contributed by atoms with Crippen LogP contribution in [0.25, 0.3) is 5.69 Å². The maximum Gasteiger partial charge on any atom is 0.326 e. The summed E-state index contributed by atoms with van der Waals surface area (Å²) in [5.74, 6) is -1.78. The predicted molar refractivity (Wildman–Crippen MR) is 96.6 cm³/mol. The van der Waals surface area contributed by atoms with Crippen molar-refractivity contribution >= 4 is 11.9 Å². The Morgan fingerprint density at radius 3 is 2.70 bits per heavy atom. The van der Waals surface area contributed by atoms with Crippen LogP contribution in [0, 0.1) is 12.7 Å². The number of benzene rings is 1. The first-order valence-electron chi connectivity index (χ1n) is 9.32. The Balaban J connectivity index is 1.81. The molecular formula is C20H22FN3O3. The van der Waals surface area contributed by atoms with Gasteiger partial charge < -0.3 is 10.0 Å². The second-order valence-corrected chi connectivity index (χ2v) is 7.40. The zero-order valence-electron chi connectivity index (χ0n) is 15.4. The molecule has 7 heteroatoms. The lowest BCUT2D eigenvalue weighted by Crippen LogP contribution is -2.45. The molecule has 1 amide bonds. The number of halogens is 1. The summed E-state index contributed by atoms with van der Waals surface area (Å²) in [7, 11) is 0. The Morgan fingerprint density at radius 2 is 2.07 bits per heavy atom. The van der Waals surface area contributed by atoms with Crippen molar-refractivity contribution in [3.05, 3.63) is 46.5 Å². The molecule has 0 bridgehead atoms. The molecule has 0 radical (unpaired) electrons. The molecule has 1 aromatic carbocycles. The number of nitrogens with zero attached hydrogens (tertiary/aromatic N) is 3. The molecule has 2 aliphatic carbocycles. The van der Waals surface area contributed by atoms with E-state index in [9.17, 15) is 19.1 Å². The number of rotatable bonds is 5. The van der Waals surface area contributed by atoms with Gasteiger partial charge in [-0.2, -0.15) is 5.10 Å². The van der Waals surface area contributed by atoms with E-state index in [0.717, 1.165) is 42.5 Å². The van der Waals surface area contributed by atoms with Crippen LogP contribution in [0.4, 0.5) is 4.39 Å². The largest absolute Gasteiger partial charge is 0.480 e. The van der Waals surface area contributed by atoms with E-state index in [1.807, 2.05) is 13.0 Å². The maximum atomic E-state index is 14.5. The summed E-state index contributed by atoms with van der Waals surface area (Å²) in [6.45, 7) is 3.34. The van der Waals surface area contributed by atoms with Gasteiger partial charge in [-0.25, -0.2) is 13.9 Å². The van der Waals surface area contributed by atoms with E-state index in [2.05, 4.69) is 5.10 Å². The van der Waals surface area contributed by atoms with Crippen LogP contribution in [0.15, 0.2) is 18.2 Å². The number of aryl methyl sites for hydroxylation is 1. The molecule has 142 valence electrons. The minimum absolute atomic E-state index is 0.0546. The summed E-state index contributed by atoms with van der Waals surface area (Å²) in [4.78, 5) is 26.2. The minimum atomic E-state index is -1.03. The third-order valence-electron chi connectivity index (χ3n) is 5.48. The van der Waals surface area contributed by atoms with Crippen LogP contribution in [0.5, 0.6) is 0 Å². The van der Waals surface area contributed by atoms with Gasteiger partial charge >= 0.3 is 5.97 Å². The normalized spacial score (nSPS) is 16.9. The highest BCUT2D eigenvalue weighted by atomic mass is 19.1. The maximum absolute atomic E-state index is 14.5. The monoisotopic (exact) mass is 371 g/mol. The topological polar surface area (TPSA) is 75.4 Å². The van der Waals surface area contributed by atoms with Gasteiger partial charge in [-0.15, -0.1) is 0 Å². The lowest BCUT2D eigenvalue weighted by molar-refractivity contribution is -0.141. The number of carboxylic acids is 1. The number of para-hydroxylation sites is 1. The Labute approximate surface area is 156 Å². The van der Waals surface area contributed by atoms with Crippen LogP contribution in [-0.2, 0) is 17.6 Å². The van der Waals surface area contributed by atoms with Crippen LogP contribution in [0.3, 0.4) is 0 Å². The second kappa shape index (κ2) is 6.48. The highest BCUT2D eigenvalue weighted by molar-refractivity contribution is 5.97. The van der Waals surface area contributed by atoms with E-state index in [-0.39, 0.29) is 23.5 Å². The number of carboxylic acid groups (broad SMARTS) is 1. The molecule has 1 fully saturated rings. The highest BCUT2D eigenvalue weighted by Gasteiger charge is 2.41. The molecule has 0 aliphatic heterocycles. The Kier molecular flexibility index (Phi) is 4.25. The average Bonchev–Trinajstić information content (AvgIpc) is 3.21. The molecule has 2 aliphatic rings. The van der Waals surface area contributed by atoms with Crippen molar-refractivity contribution in [3.63, 3.8) is 0 Å². The first-order valence-corrected chi connectivity index (χ1v) is 9.32. The summed E-state index contributed by atoms with van der Waals surface area (Å²) < 4.78 is 16.1. The number of aliphatic carboxylic acids is 1. The molecule has 4 rings (SSSR count). The van der Waals surface area contributed by atoms with Crippen molar-refractivity contribution in [2.24, 2.45) is 0 Å². The lowest BCUT2D eigenvalue weighted by Gasteiger charge is -2.26. The van der Waals surface area contributed by atoms with Crippen LogP contribution < -0.4 is 0 Å². The van der Waals surface area contributed by atoms with Gasteiger partial charge in [0.15, 0.2) is 5.69 Å². The van der Waals surface area contributed by atoms with Crippen LogP contribution in [0.1, 0.15) is 53.5 Å². The number of hydrogen-bond acceptors (Lipinski definition) is 3. The zero-order chi connectivity index (χ0) is 19.3. The first kappa shape index (κ1) is 17.7. The van der Waals surface area contributed by atoms with Crippen molar-refractivity contribution in [2.45, 2.75) is 58.0 Å². The number of carbonyl (C=O) groups excluding carboxylic acids is 1. The van der Waals surface area contributed by atoms with Crippen LogP contribution >= 0.6 is 0 Å². The molecule has 6 nitrogen and oxygen atoms in total. The molecular weight excluding hydrogens is 349 g/mol. The number of carbonyl (C=O) groups is 2. The summed E-state index contributed by atoms with van der Waals surface area (Å²) >= 11 is 0. The molecule has 2 aromatic rings. The van der Waals surface area contributed by atoms with E-state index in [4.69, 9.17) is 0 Å². The highest BCUT2D eigenvalue weighted by Crippen LogP contribution is 2.34. The first-order chi connectivity index (χ1) is 12.9. The van der Waals surface area contributed by atoms with Crippen LogP contribution in [0.2, 0.25) is 0 Å². The smallest absolute Gasteiger partial charge is 0.326 e. The minimum Gasteiger partial charge on any atom is -0.480 e. The molecule has 1 unspecified atom stereocenters. The fourth-order valence-corrected chi connectivity index (χ4v) is 3.94. The average molecular weight is 371 g/mol. The van der Waals surface area contributed by atoms with Crippen molar-refractivity contribution in [1.29, 1.82) is 0 Å². The van der Waals surface area contributed by atoms with Gasteiger partial charge in [0.25, 0.3) is 5.91 Å². The molecule has 0 saturated heterocycles. The zero-order valence-corrected chi connectivity index (χ0v) is 15.4. The Hall–Kier alpha value is -2.70. The van der Waals surface area contributed by atoms with Crippen molar-refractivity contribution in [3.8, 4) is 5.69 Å². The Morgan fingerprint density at radius 1 is 1.33 bits per heavy atom. The van der Waals surface area contributed by atoms with E-state index >= 15 is 0 Å². The SMILES string of the molecule is Cc1cccc(F)c1-n1nc(C(=O)N(C2CC2)C(C)C(=O)O)c2c1CCC2. The van der Waals surface area contributed by atoms with Gasteiger partial charge in [-0.1, -0.05) is 12.1 Å².